The standard InChI is InChI=1S/C15H29N5/c1-6-15(7-2)10-16-13(5)8-19(15)9-14-17-11-18-20(14)12(3)4/h11-13,16H,6-10H2,1-5H3. The molecule has 0 radical (unpaired) electrons. The first-order valence-corrected chi connectivity index (χ1v) is 7.89. The molecule has 1 fully saturated rings. The van der Waals surface area contributed by atoms with Crippen molar-refractivity contribution in [1.82, 2.24) is 25.0 Å². The molecular formula is C15H29N5. The van der Waals surface area contributed by atoms with Gasteiger partial charge < -0.3 is 5.32 Å². The molecule has 1 atom stereocenters. The number of piperazine rings is 1. The average molecular weight is 279 g/mol. The Balaban J connectivity index is 2.21. The van der Waals surface area contributed by atoms with Gasteiger partial charge in [0.05, 0.1) is 6.54 Å². The van der Waals surface area contributed by atoms with E-state index in [0.717, 1.165) is 25.5 Å². The van der Waals surface area contributed by atoms with E-state index in [1.807, 2.05) is 4.68 Å². The molecular weight excluding hydrogens is 250 g/mol. The molecule has 5 heteroatoms. The average Bonchev–Trinajstić information content (AvgIpc) is 2.88. The summed E-state index contributed by atoms with van der Waals surface area (Å²) in [5.74, 6) is 1.08. The van der Waals surface area contributed by atoms with Crippen LogP contribution in [0, 0.1) is 0 Å². The Morgan fingerprint density at radius 3 is 2.70 bits per heavy atom. The van der Waals surface area contributed by atoms with Crippen molar-refractivity contribution in [3.05, 3.63) is 12.2 Å². The number of hydrogen-bond donors (Lipinski definition) is 1. The lowest BCUT2D eigenvalue weighted by Gasteiger charge is -2.49. The van der Waals surface area contributed by atoms with Gasteiger partial charge in [0.1, 0.15) is 12.2 Å². The first kappa shape index (κ1) is 15.4. The lowest BCUT2D eigenvalue weighted by Crippen LogP contribution is -2.63. The van der Waals surface area contributed by atoms with Gasteiger partial charge in [-0.3, -0.25) is 4.90 Å². The summed E-state index contributed by atoms with van der Waals surface area (Å²) < 4.78 is 2.04. The van der Waals surface area contributed by atoms with Crippen LogP contribution >= 0.6 is 0 Å². The van der Waals surface area contributed by atoms with Gasteiger partial charge in [-0.15, -0.1) is 0 Å². The Morgan fingerprint density at radius 1 is 1.40 bits per heavy atom. The molecule has 1 aromatic rings. The van der Waals surface area contributed by atoms with Crippen molar-refractivity contribution in [3.8, 4) is 0 Å². The zero-order valence-corrected chi connectivity index (χ0v) is 13.6. The normalized spacial score (nSPS) is 23.4. The molecule has 0 bridgehead atoms. The largest absolute Gasteiger partial charge is 0.311 e. The minimum absolute atomic E-state index is 0.250. The number of hydrogen-bond acceptors (Lipinski definition) is 4. The van der Waals surface area contributed by atoms with Crippen LogP contribution in [-0.2, 0) is 6.54 Å². The van der Waals surface area contributed by atoms with E-state index >= 15 is 0 Å². The Labute approximate surface area is 122 Å². The van der Waals surface area contributed by atoms with Crippen molar-refractivity contribution in [1.29, 1.82) is 0 Å². The van der Waals surface area contributed by atoms with Crippen molar-refractivity contribution in [3.63, 3.8) is 0 Å². The molecule has 20 heavy (non-hydrogen) atoms. The molecule has 0 amide bonds. The highest BCUT2D eigenvalue weighted by Gasteiger charge is 2.38. The van der Waals surface area contributed by atoms with Crippen LogP contribution in [0.25, 0.3) is 0 Å². The summed E-state index contributed by atoms with van der Waals surface area (Å²) in [5.41, 5.74) is 0.250. The Morgan fingerprint density at radius 2 is 2.10 bits per heavy atom. The maximum Gasteiger partial charge on any atom is 0.141 e. The summed E-state index contributed by atoms with van der Waals surface area (Å²) in [6.07, 6.45) is 4.01. The monoisotopic (exact) mass is 279 g/mol. The zero-order valence-electron chi connectivity index (χ0n) is 13.6. The van der Waals surface area contributed by atoms with Gasteiger partial charge in [0.2, 0.25) is 0 Å². The lowest BCUT2D eigenvalue weighted by atomic mass is 9.87. The molecule has 1 aliphatic rings. The number of nitrogens with one attached hydrogen (secondary N) is 1. The van der Waals surface area contributed by atoms with E-state index in [-0.39, 0.29) is 5.54 Å². The van der Waals surface area contributed by atoms with E-state index in [1.54, 1.807) is 6.33 Å². The highest BCUT2D eigenvalue weighted by molar-refractivity contribution is 4.99. The van der Waals surface area contributed by atoms with E-state index in [4.69, 9.17) is 0 Å². The third-order valence-corrected chi connectivity index (χ3v) is 4.73. The van der Waals surface area contributed by atoms with Crippen molar-refractivity contribution in [2.45, 2.75) is 71.6 Å². The summed E-state index contributed by atoms with van der Waals surface area (Å²) in [4.78, 5) is 7.09. The predicted molar refractivity (Wildman–Crippen MR) is 81.6 cm³/mol. The molecule has 2 heterocycles. The number of nitrogens with zero attached hydrogens (tertiary/aromatic N) is 4. The molecule has 0 saturated carbocycles. The quantitative estimate of drug-likeness (QED) is 0.897. The highest BCUT2D eigenvalue weighted by atomic mass is 15.4. The minimum Gasteiger partial charge on any atom is -0.311 e. The van der Waals surface area contributed by atoms with Crippen molar-refractivity contribution < 1.29 is 0 Å². The molecule has 1 saturated heterocycles. The van der Waals surface area contributed by atoms with Crippen LogP contribution in [0.4, 0.5) is 0 Å². The van der Waals surface area contributed by atoms with Crippen molar-refractivity contribution in [2.75, 3.05) is 13.1 Å². The second-order valence-electron chi connectivity index (χ2n) is 6.31. The van der Waals surface area contributed by atoms with E-state index in [9.17, 15) is 0 Å². The molecule has 114 valence electrons. The van der Waals surface area contributed by atoms with Gasteiger partial charge in [0.25, 0.3) is 0 Å². The van der Waals surface area contributed by atoms with Crippen molar-refractivity contribution >= 4 is 0 Å². The number of rotatable bonds is 5. The molecule has 5 nitrogen and oxygen atoms in total. The maximum atomic E-state index is 4.48. The predicted octanol–water partition coefficient (Wildman–Crippen LogP) is 2.21. The fraction of sp³-hybridized carbons (Fsp3) is 0.867. The Hall–Kier alpha value is -0.940. The number of aromatic nitrogens is 3. The van der Waals surface area contributed by atoms with Gasteiger partial charge >= 0.3 is 0 Å². The fourth-order valence-electron chi connectivity index (χ4n) is 3.23. The van der Waals surface area contributed by atoms with Gasteiger partial charge in [0, 0.05) is 30.7 Å². The van der Waals surface area contributed by atoms with E-state index in [2.05, 4.69) is 54.9 Å². The second-order valence-corrected chi connectivity index (χ2v) is 6.31. The minimum atomic E-state index is 0.250. The third-order valence-electron chi connectivity index (χ3n) is 4.73. The molecule has 1 unspecified atom stereocenters. The second kappa shape index (κ2) is 6.22. The van der Waals surface area contributed by atoms with E-state index in [0.29, 0.717) is 12.1 Å². The smallest absolute Gasteiger partial charge is 0.141 e. The van der Waals surface area contributed by atoms with E-state index in [1.165, 1.54) is 12.8 Å². The van der Waals surface area contributed by atoms with Gasteiger partial charge in [-0.1, -0.05) is 13.8 Å². The zero-order chi connectivity index (χ0) is 14.8. The van der Waals surface area contributed by atoms with Gasteiger partial charge in [-0.25, -0.2) is 9.67 Å². The SMILES string of the molecule is CCC1(CC)CNC(C)CN1Cc1ncnn1C(C)C. The fourth-order valence-corrected chi connectivity index (χ4v) is 3.23. The maximum absolute atomic E-state index is 4.48. The molecule has 1 aliphatic heterocycles. The van der Waals surface area contributed by atoms with Crippen LogP contribution in [0.5, 0.6) is 0 Å². The van der Waals surface area contributed by atoms with Crippen LogP contribution < -0.4 is 5.32 Å². The molecule has 1 aromatic heterocycles. The van der Waals surface area contributed by atoms with Crippen LogP contribution in [0.2, 0.25) is 0 Å². The summed E-state index contributed by atoms with van der Waals surface area (Å²) in [7, 11) is 0. The Kier molecular flexibility index (Phi) is 4.81. The van der Waals surface area contributed by atoms with Gasteiger partial charge in [0.15, 0.2) is 0 Å². The van der Waals surface area contributed by atoms with Crippen LogP contribution in [0.1, 0.15) is 59.3 Å². The first-order chi connectivity index (χ1) is 9.52. The summed E-state index contributed by atoms with van der Waals surface area (Å²) >= 11 is 0. The van der Waals surface area contributed by atoms with E-state index < -0.39 is 0 Å². The van der Waals surface area contributed by atoms with Crippen LogP contribution in [0.15, 0.2) is 6.33 Å². The summed E-state index contributed by atoms with van der Waals surface area (Å²) in [6, 6.07) is 0.905. The molecule has 0 aromatic carbocycles. The third kappa shape index (κ3) is 2.88. The first-order valence-electron chi connectivity index (χ1n) is 7.89. The molecule has 0 spiro atoms. The van der Waals surface area contributed by atoms with Gasteiger partial charge in [-0.2, -0.15) is 5.10 Å². The lowest BCUT2D eigenvalue weighted by molar-refractivity contribution is 0.0244. The van der Waals surface area contributed by atoms with Crippen molar-refractivity contribution in [2.24, 2.45) is 0 Å². The topological polar surface area (TPSA) is 46.0 Å². The summed E-state index contributed by atoms with van der Waals surface area (Å²) in [5, 5.41) is 8.00. The molecule has 0 aliphatic carbocycles. The van der Waals surface area contributed by atoms with Crippen LogP contribution in [0.3, 0.4) is 0 Å². The van der Waals surface area contributed by atoms with Gasteiger partial charge in [-0.05, 0) is 33.6 Å². The molecule has 1 N–H and O–H groups in total. The Bertz CT molecular complexity index is 422. The van der Waals surface area contributed by atoms with Crippen LogP contribution in [-0.4, -0.2) is 44.3 Å². The highest BCUT2D eigenvalue weighted by Crippen LogP contribution is 2.28. The molecule has 2 rings (SSSR count). The summed E-state index contributed by atoms with van der Waals surface area (Å²) in [6.45, 7) is 14.2.